The number of hydrogen-bond acceptors (Lipinski definition) is 4. The molecule has 0 N–H and O–H groups in total. The fraction of sp³-hybridized carbons (Fsp3) is 0.556. The van der Waals surface area contributed by atoms with E-state index in [1.165, 1.54) is 0 Å². The number of alkyl halides is 2. The molecular formula is C27H34Br6O4. The van der Waals surface area contributed by atoms with Crippen LogP contribution in [-0.2, 0) is 14.9 Å². The maximum atomic E-state index is 6.13. The third-order valence-corrected chi connectivity index (χ3v) is 9.25. The van der Waals surface area contributed by atoms with Crippen molar-refractivity contribution < 1.29 is 18.9 Å². The van der Waals surface area contributed by atoms with E-state index in [1.807, 2.05) is 0 Å². The molecule has 0 aliphatic carbocycles. The highest BCUT2D eigenvalue weighted by atomic mass is 79.9. The van der Waals surface area contributed by atoms with Crippen LogP contribution in [0.25, 0.3) is 0 Å². The summed E-state index contributed by atoms with van der Waals surface area (Å²) < 4.78 is 27.2. The number of rotatable bonds is 16. The average Bonchev–Trinajstić information content (AvgIpc) is 2.84. The maximum Gasteiger partial charge on any atom is 0.147 e. The van der Waals surface area contributed by atoms with E-state index in [-0.39, 0.29) is 16.3 Å². The van der Waals surface area contributed by atoms with Gasteiger partial charge in [0.05, 0.1) is 29.3 Å². The zero-order valence-electron chi connectivity index (χ0n) is 21.5. The Balaban J connectivity index is 2.19. The number of ether oxygens (including phenoxy) is 4. The lowest BCUT2D eigenvalue weighted by molar-refractivity contribution is 0.0361. The molecule has 2 unspecified atom stereocenters. The maximum absolute atomic E-state index is 6.13. The molecule has 0 spiro atoms. The smallest absolute Gasteiger partial charge is 0.147 e. The lowest BCUT2D eigenvalue weighted by Gasteiger charge is -2.28. The summed E-state index contributed by atoms with van der Waals surface area (Å²) in [6.07, 6.45) is 1.98. The van der Waals surface area contributed by atoms with E-state index in [2.05, 4.69) is 148 Å². The number of benzene rings is 2. The fourth-order valence-corrected chi connectivity index (χ4v) is 6.98. The quantitative estimate of drug-likeness (QED) is 0.124. The largest absolute Gasteiger partial charge is 0.490 e. The third-order valence-electron chi connectivity index (χ3n) is 5.64. The third kappa shape index (κ3) is 10.3. The number of halogens is 6. The van der Waals surface area contributed by atoms with Gasteiger partial charge in [0, 0.05) is 24.0 Å². The van der Waals surface area contributed by atoms with E-state index in [1.54, 1.807) is 0 Å². The SMILES string of the molecule is CCCOCC(Br)COc1c(Br)cc(C(C)(C)c2cc(Br)c(OCC(CBr)OCCC)c(Br)c2)cc1Br. The van der Waals surface area contributed by atoms with Gasteiger partial charge in [0.1, 0.15) is 30.8 Å². The van der Waals surface area contributed by atoms with Crippen molar-refractivity contribution in [3.05, 3.63) is 53.3 Å². The van der Waals surface area contributed by atoms with Gasteiger partial charge in [0.25, 0.3) is 0 Å². The Morgan fingerprint density at radius 3 is 1.62 bits per heavy atom. The lowest BCUT2D eigenvalue weighted by atomic mass is 9.78. The first-order valence-electron chi connectivity index (χ1n) is 12.2. The van der Waals surface area contributed by atoms with Crippen molar-refractivity contribution in [2.75, 3.05) is 38.4 Å². The molecule has 0 amide bonds. The van der Waals surface area contributed by atoms with Crippen molar-refractivity contribution in [2.24, 2.45) is 0 Å². The van der Waals surface area contributed by atoms with Crippen LogP contribution in [0, 0.1) is 0 Å². The van der Waals surface area contributed by atoms with Gasteiger partial charge in [-0.2, -0.15) is 0 Å². The normalized spacial score (nSPS) is 13.5. The van der Waals surface area contributed by atoms with Crippen molar-refractivity contribution >= 4 is 95.6 Å². The average molecular weight is 902 g/mol. The van der Waals surface area contributed by atoms with Crippen LogP contribution in [0.4, 0.5) is 0 Å². The van der Waals surface area contributed by atoms with E-state index < -0.39 is 0 Å². The van der Waals surface area contributed by atoms with Crippen LogP contribution in [0.1, 0.15) is 51.7 Å². The molecule has 0 saturated carbocycles. The molecule has 2 aromatic carbocycles. The molecule has 0 saturated heterocycles. The van der Waals surface area contributed by atoms with Gasteiger partial charge >= 0.3 is 0 Å². The Kier molecular flexibility index (Phi) is 15.6. The Morgan fingerprint density at radius 2 is 1.19 bits per heavy atom. The van der Waals surface area contributed by atoms with Gasteiger partial charge in [-0.25, -0.2) is 0 Å². The summed E-state index contributed by atoms with van der Waals surface area (Å²) in [6.45, 7) is 11.7. The van der Waals surface area contributed by atoms with Crippen LogP contribution in [-0.4, -0.2) is 49.3 Å². The van der Waals surface area contributed by atoms with Crippen LogP contribution in [0.15, 0.2) is 42.2 Å². The molecule has 37 heavy (non-hydrogen) atoms. The molecule has 0 bridgehead atoms. The van der Waals surface area contributed by atoms with Crippen LogP contribution in [0.2, 0.25) is 0 Å². The van der Waals surface area contributed by atoms with E-state index >= 15 is 0 Å². The Bertz CT molecular complexity index is 955. The van der Waals surface area contributed by atoms with Gasteiger partial charge in [-0.1, -0.05) is 59.6 Å². The van der Waals surface area contributed by atoms with Crippen molar-refractivity contribution in [1.82, 2.24) is 0 Å². The van der Waals surface area contributed by atoms with E-state index in [9.17, 15) is 0 Å². The first-order chi connectivity index (χ1) is 17.5. The highest BCUT2D eigenvalue weighted by Crippen LogP contribution is 2.44. The first-order valence-corrected chi connectivity index (χ1v) is 17.4. The fourth-order valence-electron chi connectivity index (χ4n) is 3.46. The summed E-state index contributed by atoms with van der Waals surface area (Å²) in [5.41, 5.74) is 1.99. The Labute approximate surface area is 272 Å². The van der Waals surface area contributed by atoms with Gasteiger partial charge in [0.2, 0.25) is 0 Å². The summed E-state index contributed by atoms with van der Waals surface area (Å²) in [5.74, 6) is 1.54. The van der Waals surface area contributed by atoms with Crippen LogP contribution < -0.4 is 9.47 Å². The second-order valence-corrected chi connectivity index (χ2v) is 14.5. The van der Waals surface area contributed by atoms with Crippen molar-refractivity contribution in [1.29, 1.82) is 0 Å². The summed E-state index contributed by atoms with van der Waals surface area (Å²) in [4.78, 5) is 0.118. The molecule has 0 heterocycles. The molecule has 0 aliphatic heterocycles. The van der Waals surface area contributed by atoms with E-state index in [0.717, 1.165) is 65.3 Å². The van der Waals surface area contributed by atoms with Gasteiger partial charge < -0.3 is 18.9 Å². The minimum absolute atomic E-state index is 0.00556. The molecule has 2 atom stereocenters. The van der Waals surface area contributed by atoms with Crippen molar-refractivity contribution in [3.8, 4) is 11.5 Å². The van der Waals surface area contributed by atoms with E-state index in [0.29, 0.717) is 26.4 Å². The molecule has 4 nitrogen and oxygen atoms in total. The molecule has 208 valence electrons. The minimum Gasteiger partial charge on any atom is -0.490 e. The molecule has 2 aromatic rings. The van der Waals surface area contributed by atoms with Crippen LogP contribution >= 0.6 is 95.6 Å². The Hall–Kier alpha value is 0.840. The van der Waals surface area contributed by atoms with Crippen LogP contribution in [0.3, 0.4) is 0 Å². The van der Waals surface area contributed by atoms with Crippen molar-refractivity contribution in [2.45, 2.75) is 56.9 Å². The molecular weight excluding hydrogens is 868 g/mol. The summed E-state index contributed by atoms with van der Waals surface area (Å²) in [6, 6.07) is 8.48. The standard InChI is InChI=1S/C27H34Br6O4/c1-5-7-34-14-19(29)15-36-25-21(30)9-17(10-22(25)31)27(3,4)18-11-23(32)26(24(33)12-18)37-16-20(13-28)35-8-6-2/h9-12,19-20H,5-8,13-16H2,1-4H3. The zero-order chi connectivity index (χ0) is 27.6. The molecule has 0 radical (unpaired) electrons. The van der Waals surface area contributed by atoms with Gasteiger partial charge in [0.15, 0.2) is 0 Å². The van der Waals surface area contributed by atoms with Gasteiger partial charge in [-0.05, 0) is 112 Å². The van der Waals surface area contributed by atoms with Gasteiger partial charge in [-0.15, -0.1) is 0 Å². The summed E-state index contributed by atoms with van der Waals surface area (Å²) >= 11 is 22.0. The number of hydrogen-bond donors (Lipinski definition) is 0. The molecule has 0 aliphatic rings. The molecule has 10 heteroatoms. The molecule has 0 aromatic heterocycles. The highest BCUT2D eigenvalue weighted by molar-refractivity contribution is 9.11. The highest BCUT2D eigenvalue weighted by Gasteiger charge is 2.28. The van der Waals surface area contributed by atoms with Crippen molar-refractivity contribution in [3.63, 3.8) is 0 Å². The second-order valence-electron chi connectivity index (χ2n) is 9.10. The summed E-state index contributed by atoms with van der Waals surface area (Å²) in [5, 5.41) is 0.722. The Morgan fingerprint density at radius 1 is 0.730 bits per heavy atom. The lowest BCUT2D eigenvalue weighted by Crippen LogP contribution is -2.24. The monoisotopic (exact) mass is 896 g/mol. The molecule has 0 fully saturated rings. The predicted molar refractivity (Wildman–Crippen MR) is 174 cm³/mol. The molecule has 2 rings (SSSR count). The topological polar surface area (TPSA) is 36.9 Å². The predicted octanol–water partition coefficient (Wildman–Crippen LogP) is 10.2. The zero-order valence-corrected chi connectivity index (χ0v) is 31.0. The van der Waals surface area contributed by atoms with Crippen LogP contribution in [0.5, 0.6) is 11.5 Å². The second kappa shape index (κ2) is 16.9. The minimum atomic E-state index is -0.290. The summed E-state index contributed by atoms with van der Waals surface area (Å²) in [7, 11) is 0. The first kappa shape index (κ1) is 34.0. The van der Waals surface area contributed by atoms with Gasteiger partial charge in [-0.3, -0.25) is 0 Å². The van der Waals surface area contributed by atoms with E-state index in [4.69, 9.17) is 18.9 Å².